The quantitative estimate of drug-likeness (QED) is 0.818. The summed E-state index contributed by atoms with van der Waals surface area (Å²) in [6.45, 7) is 1.99. The summed E-state index contributed by atoms with van der Waals surface area (Å²) in [5.41, 5.74) is 6.71. The highest BCUT2D eigenvalue weighted by molar-refractivity contribution is 9.10. The van der Waals surface area contributed by atoms with Gasteiger partial charge >= 0.3 is 0 Å². The summed E-state index contributed by atoms with van der Waals surface area (Å²) in [4.78, 5) is 11.8. The second-order valence-corrected chi connectivity index (χ2v) is 6.20. The number of nitrogens with two attached hydrogens (primary N) is 1. The number of nitrogens with one attached hydrogen (secondary N) is 1. The number of aromatic nitrogens is 2. The zero-order chi connectivity index (χ0) is 14.5. The maximum atomic E-state index is 11.8. The Hall–Kier alpha value is -1.02. The lowest BCUT2D eigenvalue weighted by Gasteiger charge is -2.08. The molecule has 1 amide bonds. The highest BCUT2D eigenvalue weighted by Crippen LogP contribution is 2.28. The molecular formula is C13H16BrClN4OS. The zero-order valence-corrected chi connectivity index (χ0v) is 14.6. The van der Waals surface area contributed by atoms with Gasteiger partial charge in [-0.1, -0.05) is 52.7 Å². The van der Waals surface area contributed by atoms with Crippen molar-refractivity contribution in [1.29, 1.82) is 0 Å². The number of benzene rings is 1. The van der Waals surface area contributed by atoms with Crippen LogP contribution >= 0.6 is 39.7 Å². The number of nitrogens with zero attached hydrogens (tertiary/aromatic N) is 2. The maximum absolute atomic E-state index is 11.8. The number of hydrogen-bond donors (Lipinski definition) is 2. The van der Waals surface area contributed by atoms with Crippen molar-refractivity contribution < 1.29 is 4.79 Å². The van der Waals surface area contributed by atoms with Gasteiger partial charge in [-0.25, -0.2) is 0 Å². The average molecular weight is 392 g/mol. The van der Waals surface area contributed by atoms with E-state index in [4.69, 9.17) is 5.73 Å². The van der Waals surface area contributed by atoms with E-state index in [2.05, 4.69) is 31.4 Å². The molecule has 1 aromatic heterocycles. The van der Waals surface area contributed by atoms with Crippen LogP contribution in [0.15, 0.2) is 28.7 Å². The van der Waals surface area contributed by atoms with Gasteiger partial charge in [0.2, 0.25) is 11.0 Å². The number of halogens is 2. The molecule has 0 aliphatic heterocycles. The van der Waals surface area contributed by atoms with E-state index in [9.17, 15) is 4.79 Å². The number of hydrogen-bond acceptors (Lipinski definition) is 5. The monoisotopic (exact) mass is 390 g/mol. The first-order chi connectivity index (χ1) is 9.60. The van der Waals surface area contributed by atoms with Gasteiger partial charge in [0, 0.05) is 10.0 Å². The molecule has 2 aromatic rings. The molecule has 0 saturated carbocycles. The molecule has 0 saturated heterocycles. The van der Waals surface area contributed by atoms with Crippen LogP contribution in [0.2, 0.25) is 0 Å². The fraction of sp³-hybridized carbons (Fsp3) is 0.308. The standard InChI is InChI=1S/C13H15BrN4OS.ClH/c1-2-4-10(15)11(19)16-13-18-17-12(20-13)8-5-3-6-9(14)7-8;/h3,5-7,10H,2,4,15H2,1H3,(H,16,18,19);1H. The van der Waals surface area contributed by atoms with E-state index >= 15 is 0 Å². The number of rotatable bonds is 5. The molecule has 0 aliphatic carbocycles. The first-order valence-electron chi connectivity index (χ1n) is 6.26. The van der Waals surface area contributed by atoms with Gasteiger partial charge in [0.25, 0.3) is 0 Å². The molecule has 0 aliphatic rings. The van der Waals surface area contributed by atoms with E-state index in [1.165, 1.54) is 11.3 Å². The maximum Gasteiger partial charge on any atom is 0.243 e. The fourth-order valence-corrected chi connectivity index (χ4v) is 2.79. The zero-order valence-electron chi connectivity index (χ0n) is 11.4. The van der Waals surface area contributed by atoms with Crippen molar-refractivity contribution in [3.05, 3.63) is 28.7 Å². The molecule has 1 unspecified atom stereocenters. The second kappa shape index (κ2) is 8.43. The lowest BCUT2D eigenvalue weighted by molar-refractivity contribution is -0.117. The Kier molecular flexibility index (Phi) is 7.24. The molecule has 0 radical (unpaired) electrons. The fourth-order valence-electron chi connectivity index (χ4n) is 1.65. The molecule has 0 fully saturated rings. The Morgan fingerprint density at radius 3 is 2.90 bits per heavy atom. The second-order valence-electron chi connectivity index (χ2n) is 4.31. The van der Waals surface area contributed by atoms with E-state index < -0.39 is 6.04 Å². The molecule has 1 atom stereocenters. The van der Waals surface area contributed by atoms with E-state index in [0.29, 0.717) is 11.6 Å². The van der Waals surface area contributed by atoms with Gasteiger partial charge in [-0.05, 0) is 18.6 Å². The van der Waals surface area contributed by atoms with Crippen LogP contribution in [0.1, 0.15) is 19.8 Å². The first kappa shape index (κ1) is 18.0. The van der Waals surface area contributed by atoms with Crippen molar-refractivity contribution in [2.24, 2.45) is 5.73 Å². The van der Waals surface area contributed by atoms with Crippen molar-refractivity contribution in [3.63, 3.8) is 0 Å². The van der Waals surface area contributed by atoms with E-state index in [1.54, 1.807) is 0 Å². The lowest BCUT2D eigenvalue weighted by atomic mass is 10.2. The molecule has 21 heavy (non-hydrogen) atoms. The van der Waals surface area contributed by atoms with Gasteiger partial charge in [0.1, 0.15) is 5.01 Å². The van der Waals surface area contributed by atoms with Crippen molar-refractivity contribution in [1.82, 2.24) is 10.2 Å². The SMILES string of the molecule is CCCC(N)C(=O)Nc1nnc(-c2cccc(Br)c2)s1.Cl. The van der Waals surface area contributed by atoms with Crippen molar-refractivity contribution in [2.75, 3.05) is 5.32 Å². The molecule has 114 valence electrons. The number of amides is 1. The molecule has 3 N–H and O–H groups in total. The molecule has 2 rings (SSSR count). The van der Waals surface area contributed by atoms with Crippen LogP contribution in [-0.2, 0) is 4.79 Å². The van der Waals surface area contributed by atoms with Gasteiger partial charge in [0.15, 0.2) is 0 Å². The van der Waals surface area contributed by atoms with Gasteiger partial charge in [-0.15, -0.1) is 22.6 Å². The molecule has 8 heteroatoms. The highest BCUT2D eigenvalue weighted by atomic mass is 79.9. The largest absolute Gasteiger partial charge is 0.320 e. The topological polar surface area (TPSA) is 80.9 Å². The third-order valence-corrected chi connectivity index (χ3v) is 4.04. The van der Waals surface area contributed by atoms with Crippen LogP contribution in [-0.4, -0.2) is 22.1 Å². The summed E-state index contributed by atoms with van der Waals surface area (Å²) in [5, 5.41) is 12.0. The summed E-state index contributed by atoms with van der Waals surface area (Å²) in [6, 6.07) is 7.26. The number of carbonyl (C=O) groups is 1. The van der Waals surface area contributed by atoms with Crippen LogP contribution in [0.3, 0.4) is 0 Å². The van der Waals surface area contributed by atoms with Crippen LogP contribution in [0, 0.1) is 0 Å². The number of anilines is 1. The summed E-state index contributed by atoms with van der Waals surface area (Å²) < 4.78 is 0.973. The van der Waals surface area contributed by atoms with Gasteiger partial charge in [0.05, 0.1) is 6.04 Å². The Bertz CT molecular complexity index is 607. The molecule has 0 spiro atoms. The van der Waals surface area contributed by atoms with Crippen molar-refractivity contribution in [3.8, 4) is 10.6 Å². The van der Waals surface area contributed by atoms with Crippen LogP contribution < -0.4 is 11.1 Å². The predicted molar refractivity (Wildman–Crippen MR) is 91.8 cm³/mol. The van der Waals surface area contributed by atoms with E-state index in [0.717, 1.165) is 21.5 Å². The van der Waals surface area contributed by atoms with Crippen molar-refractivity contribution >= 4 is 50.7 Å². The summed E-state index contributed by atoms with van der Waals surface area (Å²) in [7, 11) is 0. The molecule has 5 nitrogen and oxygen atoms in total. The summed E-state index contributed by atoms with van der Waals surface area (Å²) >= 11 is 4.74. The number of carbonyl (C=O) groups excluding carboxylic acids is 1. The van der Waals surface area contributed by atoms with Crippen molar-refractivity contribution in [2.45, 2.75) is 25.8 Å². The minimum absolute atomic E-state index is 0. The first-order valence-corrected chi connectivity index (χ1v) is 7.87. The molecule has 0 bridgehead atoms. The minimum atomic E-state index is -0.502. The normalized spacial score (nSPS) is 11.6. The van der Waals surface area contributed by atoms with Crippen LogP contribution in [0.4, 0.5) is 5.13 Å². The molecule has 1 aromatic carbocycles. The highest BCUT2D eigenvalue weighted by Gasteiger charge is 2.15. The molecule has 1 heterocycles. The van der Waals surface area contributed by atoms with Gasteiger partial charge in [-0.2, -0.15) is 0 Å². The Morgan fingerprint density at radius 1 is 1.48 bits per heavy atom. The van der Waals surface area contributed by atoms with Gasteiger partial charge < -0.3 is 5.73 Å². The Labute approximate surface area is 141 Å². The third-order valence-electron chi connectivity index (χ3n) is 2.66. The Balaban J connectivity index is 0.00000220. The predicted octanol–water partition coefficient (Wildman–Crippen LogP) is 3.46. The summed E-state index contributed by atoms with van der Waals surface area (Å²) in [5.74, 6) is -0.219. The van der Waals surface area contributed by atoms with Crippen LogP contribution in [0.5, 0.6) is 0 Å². The summed E-state index contributed by atoms with van der Waals surface area (Å²) in [6.07, 6.45) is 1.52. The minimum Gasteiger partial charge on any atom is -0.320 e. The lowest BCUT2D eigenvalue weighted by Crippen LogP contribution is -2.35. The van der Waals surface area contributed by atoms with Crippen LogP contribution in [0.25, 0.3) is 10.6 Å². The third kappa shape index (κ3) is 5.03. The smallest absolute Gasteiger partial charge is 0.243 e. The van der Waals surface area contributed by atoms with Gasteiger partial charge in [-0.3, -0.25) is 10.1 Å². The van der Waals surface area contributed by atoms with E-state index in [1.807, 2.05) is 31.2 Å². The Morgan fingerprint density at radius 2 is 2.24 bits per heavy atom. The van der Waals surface area contributed by atoms with E-state index in [-0.39, 0.29) is 18.3 Å². The molecular weight excluding hydrogens is 376 g/mol. The average Bonchev–Trinajstić information content (AvgIpc) is 2.87.